The molecule has 1 aromatic carbocycles. The molecule has 4 rings (SSSR count). The maximum atomic E-state index is 12.1. The lowest BCUT2D eigenvalue weighted by atomic mass is 10.0. The van der Waals surface area contributed by atoms with E-state index in [-0.39, 0.29) is 12.1 Å². The molecule has 3 N–H and O–H groups in total. The molecule has 7 nitrogen and oxygen atoms in total. The van der Waals surface area contributed by atoms with Gasteiger partial charge in [0, 0.05) is 24.2 Å². The van der Waals surface area contributed by atoms with Gasteiger partial charge in [0.1, 0.15) is 11.4 Å². The Morgan fingerprint density at radius 2 is 2.03 bits per heavy atom. The van der Waals surface area contributed by atoms with Crippen molar-refractivity contribution in [3.8, 4) is 11.3 Å². The molecule has 0 unspecified atom stereocenters. The molecular formula is C22H29N5O2. The standard InChI is InChI=1S/C22H29N5O2/c1-22(2,3)29-21(28)24-15-11-12-27(13-15)19-17-10-6-8-14-7-4-5-9-16(14)18(17)25-20(23)26-19/h4-5,7,9,15H,6,8,10-13H2,1-3H3,(H,24,28)(H2,23,25,26)/t15-/m1/s1. The van der Waals surface area contributed by atoms with Gasteiger partial charge in [0.25, 0.3) is 0 Å². The van der Waals surface area contributed by atoms with Gasteiger partial charge in [0.15, 0.2) is 0 Å². The minimum Gasteiger partial charge on any atom is -0.444 e. The van der Waals surface area contributed by atoms with Gasteiger partial charge in [-0.25, -0.2) is 9.78 Å². The van der Waals surface area contributed by atoms with E-state index in [1.54, 1.807) is 0 Å². The highest BCUT2D eigenvalue weighted by molar-refractivity contribution is 5.74. The quantitative estimate of drug-likeness (QED) is 0.810. The van der Waals surface area contributed by atoms with Crippen LogP contribution < -0.4 is 16.0 Å². The summed E-state index contributed by atoms with van der Waals surface area (Å²) < 4.78 is 5.39. The SMILES string of the molecule is CC(C)(C)OC(=O)N[C@@H]1CCN(c2nc(N)nc3c2CCCc2ccccc2-3)C1. The van der Waals surface area contributed by atoms with E-state index in [9.17, 15) is 4.79 Å². The Bertz CT molecular complexity index is 922. The van der Waals surface area contributed by atoms with Crippen LogP contribution in [0.15, 0.2) is 24.3 Å². The number of nitrogens with zero attached hydrogens (tertiary/aromatic N) is 3. The molecule has 1 atom stereocenters. The van der Waals surface area contributed by atoms with Gasteiger partial charge in [-0.1, -0.05) is 24.3 Å². The lowest BCUT2D eigenvalue weighted by Gasteiger charge is -2.24. The Balaban J connectivity index is 1.58. The number of carbonyl (C=O) groups is 1. The number of rotatable bonds is 2. The number of anilines is 2. The highest BCUT2D eigenvalue weighted by atomic mass is 16.6. The molecule has 2 aromatic rings. The summed E-state index contributed by atoms with van der Waals surface area (Å²) in [5.74, 6) is 1.19. The van der Waals surface area contributed by atoms with Crippen molar-refractivity contribution in [2.75, 3.05) is 23.7 Å². The number of aromatic nitrogens is 2. The minimum atomic E-state index is -0.506. The van der Waals surface area contributed by atoms with Crippen LogP contribution in [0.25, 0.3) is 11.3 Å². The van der Waals surface area contributed by atoms with E-state index in [1.165, 1.54) is 5.56 Å². The summed E-state index contributed by atoms with van der Waals surface area (Å²) in [6.07, 6.45) is 3.46. The second-order valence-electron chi connectivity index (χ2n) is 8.82. The molecule has 1 saturated heterocycles. The van der Waals surface area contributed by atoms with Crippen molar-refractivity contribution in [3.63, 3.8) is 0 Å². The third-order valence-electron chi connectivity index (χ3n) is 5.36. The number of hydrogen-bond donors (Lipinski definition) is 2. The van der Waals surface area contributed by atoms with Gasteiger partial charge in [-0.2, -0.15) is 4.98 Å². The summed E-state index contributed by atoms with van der Waals surface area (Å²) in [6, 6.07) is 8.42. The predicted octanol–water partition coefficient (Wildman–Crippen LogP) is 3.32. The third-order valence-corrected chi connectivity index (χ3v) is 5.36. The second kappa shape index (κ2) is 7.54. The van der Waals surface area contributed by atoms with E-state index in [0.717, 1.165) is 54.9 Å². The number of fused-ring (bicyclic) bond motifs is 3. The first-order valence-electron chi connectivity index (χ1n) is 10.3. The van der Waals surface area contributed by atoms with Crippen LogP contribution in [0.3, 0.4) is 0 Å². The van der Waals surface area contributed by atoms with Gasteiger partial charge >= 0.3 is 6.09 Å². The summed E-state index contributed by atoms with van der Waals surface area (Å²) in [5, 5.41) is 2.98. The van der Waals surface area contributed by atoms with Crippen molar-refractivity contribution in [2.45, 2.75) is 58.1 Å². The zero-order valence-corrected chi connectivity index (χ0v) is 17.4. The molecule has 7 heteroatoms. The van der Waals surface area contributed by atoms with Crippen LogP contribution in [-0.4, -0.2) is 40.8 Å². The summed E-state index contributed by atoms with van der Waals surface area (Å²) in [7, 11) is 0. The molecule has 0 spiro atoms. The van der Waals surface area contributed by atoms with Crippen LogP contribution in [0, 0.1) is 0 Å². The van der Waals surface area contributed by atoms with Crippen LogP contribution in [-0.2, 0) is 17.6 Å². The predicted molar refractivity (Wildman–Crippen MR) is 114 cm³/mol. The smallest absolute Gasteiger partial charge is 0.407 e. The first-order valence-corrected chi connectivity index (χ1v) is 10.3. The fraction of sp³-hybridized carbons (Fsp3) is 0.500. The van der Waals surface area contributed by atoms with Crippen LogP contribution in [0.5, 0.6) is 0 Å². The molecule has 154 valence electrons. The Kier molecular flexibility index (Phi) is 5.06. The van der Waals surface area contributed by atoms with E-state index in [0.29, 0.717) is 12.5 Å². The molecule has 2 heterocycles. The van der Waals surface area contributed by atoms with Crippen molar-refractivity contribution in [2.24, 2.45) is 0 Å². The molecule has 29 heavy (non-hydrogen) atoms. The molecule has 1 fully saturated rings. The Morgan fingerprint density at radius 1 is 1.24 bits per heavy atom. The minimum absolute atomic E-state index is 0.0229. The average Bonchev–Trinajstić information content (AvgIpc) is 3.01. The Labute approximate surface area is 171 Å². The van der Waals surface area contributed by atoms with Crippen molar-refractivity contribution in [1.82, 2.24) is 15.3 Å². The first-order chi connectivity index (χ1) is 13.8. The number of benzene rings is 1. The maximum Gasteiger partial charge on any atom is 0.407 e. The van der Waals surface area contributed by atoms with Gasteiger partial charge in [0.2, 0.25) is 5.95 Å². The number of alkyl carbamates (subject to hydrolysis) is 1. The van der Waals surface area contributed by atoms with Crippen LogP contribution in [0.2, 0.25) is 0 Å². The van der Waals surface area contributed by atoms with E-state index < -0.39 is 5.60 Å². The second-order valence-corrected chi connectivity index (χ2v) is 8.82. The van der Waals surface area contributed by atoms with Crippen molar-refractivity contribution in [1.29, 1.82) is 0 Å². The molecule has 1 aliphatic heterocycles. The molecule has 0 radical (unpaired) electrons. The van der Waals surface area contributed by atoms with E-state index >= 15 is 0 Å². The molecule has 1 aromatic heterocycles. The fourth-order valence-corrected chi connectivity index (χ4v) is 4.17. The van der Waals surface area contributed by atoms with Crippen molar-refractivity contribution in [3.05, 3.63) is 35.4 Å². The lowest BCUT2D eigenvalue weighted by molar-refractivity contribution is 0.0509. The highest BCUT2D eigenvalue weighted by Gasteiger charge is 2.30. The monoisotopic (exact) mass is 395 g/mol. The Morgan fingerprint density at radius 3 is 2.83 bits per heavy atom. The number of aryl methyl sites for hydroxylation is 1. The maximum absolute atomic E-state index is 12.1. The fourth-order valence-electron chi connectivity index (χ4n) is 4.17. The number of ether oxygens (including phenoxy) is 1. The highest BCUT2D eigenvalue weighted by Crippen LogP contribution is 2.36. The normalized spacial score (nSPS) is 18.6. The van der Waals surface area contributed by atoms with E-state index in [1.807, 2.05) is 26.8 Å². The number of carbonyl (C=O) groups excluding carboxylic acids is 1. The lowest BCUT2D eigenvalue weighted by Crippen LogP contribution is -2.40. The number of nitrogens with one attached hydrogen (secondary N) is 1. The molecular weight excluding hydrogens is 366 g/mol. The van der Waals surface area contributed by atoms with E-state index in [2.05, 4.69) is 38.4 Å². The Hall–Kier alpha value is -2.83. The molecule has 0 saturated carbocycles. The average molecular weight is 396 g/mol. The molecule has 1 amide bonds. The number of hydrogen-bond acceptors (Lipinski definition) is 6. The number of nitrogens with two attached hydrogens (primary N) is 1. The summed E-state index contributed by atoms with van der Waals surface area (Å²) >= 11 is 0. The van der Waals surface area contributed by atoms with Crippen LogP contribution >= 0.6 is 0 Å². The zero-order valence-electron chi connectivity index (χ0n) is 17.4. The summed E-state index contributed by atoms with van der Waals surface area (Å²) in [4.78, 5) is 23.6. The van der Waals surface area contributed by atoms with Gasteiger partial charge in [0.05, 0.1) is 11.7 Å². The van der Waals surface area contributed by atoms with Gasteiger partial charge in [-0.05, 0) is 52.0 Å². The topological polar surface area (TPSA) is 93.4 Å². The van der Waals surface area contributed by atoms with E-state index in [4.69, 9.17) is 10.5 Å². The third kappa shape index (κ3) is 4.28. The van der Waals surface area contributed by atoms with Crippen molar-refractivity contribution >= 4 is 17.9 Å². The molecule has 1 aliphatic carbocycles. The molecule has 2 aliphatic rings. The zero-order chi connectivity index (χ0) is 20.6. The van der Waals surface area contributed by atoms with Crippen molar-refractivity contribution < 1.29 is 9.53 Å². The number of amides is 1. The van der Waals surface area contributed by atoms with Crippen LogP contribution in [0.1, 0.15) is 44.7 Å². The molecule has 0 bridgehead atoms. The number of nitrogen functional groups attached to an aromatic ring is 1. The van der Waals surface area contributed by atoms with Gasteiger partial charge in [-0.3, -0.25) is 0 Å². The summed E-state index contributed by atoms with van der Waals surface area (Å²) in [6.45, 7) is 7.09. The van der Waals surface area contributed by atoms with Crippen LogP contribution in [0.4, 0.5) is 16.6 Å². The first kappa shape index (κ1) is 19.5. The van der Waals surface area contributed by atoms with Gasteiger partial charge < -0.3 is 20.7 Å². The van der Waals surface area contributed by atoms with Gasteiger partial charge in [-0.15, -0.1) is 0 Å². The largest absolute Gasteiger partial charge is 0.444 e. The summed E-state index contributed by atoms with van der Waals surface area (Å²) in [5.41, 5.74) is 10.2.